The van der Waals surface area contributed by atoms with Crippen LogP contribution in [0.15, 0.2) is 10.2 Å². The topological polar surface area (TPSA) is 48.5 Å². The Morgan fingerprint density at radius 2 is 1.56 bits per heavy atom. The molecule has 0 radical (unpaired) electrons. The minimum Gasteiger partial charge on any atom is -0.193 e. The molecule has 0 aromatic heterocycles. The van der Waals surface area contributed by atoms with Crippen molar-refractivity contribution in [3.05, 3.63) is 0 Å². The number of nitrogens with zero attached hydrogens (tertiary/aromatic N) is 3. The third-order valence-electron chi connectivity index (χ3n) is 3.47. The van der Waals surface area contributed by atoms with E-state index in [1.807, 2.05) is 0 Å². The normalized spacial score (nSPS) is 17.9. The van der Waals surface area contributed by atoms with Crippen molar-refractivity contribution >= 4 is 0 Å². The number of rotatable bonds is 6. The van der Waals surface area contributed by atoms with Crippen molar-refractivity contribution in [1.82, 2.24) is 0 Å². The SMILES string of the molecule is CCC(CC(C)C)(CC(C)C)C1(C#N)N=N1. The highest BCUT2D eigenvalue weighted by Gasteiger charge is 2.59. The molecule has 0 saturated heterocycles. The fourth-order valence-electron chi connectivity index (χ4n) is 2.89. The predicted octanol–water partition coefficient (Wildman–Crippen LogP) is 4.16. The minimum atomic E-state index is -0.726. The number of nitriles is 1. The van der Waals surface area contributed by atoms with Gasteiger partial charge < -0.3 is 0 Å². The van der Waals surface area contributed by atoms with Crippen molar-refractivity contribution in [3.8, 4) is 6.07 Å². The lowest BCUT2D eigenvalue weighted by atomic mass is 9.66. The van der Waals surface area contributed by atoms with Crippen LogP contribution < -0.4 is 0 Å². The van der Waals surface area contributed by atoms with Crippen LogP contribution >= 0.6 is 0 Å². The zero-order valence-electron chi connectivity index (χ0n) is 11.1. The van der Waals surface area contributed by atoms with Crippen LogP contribution in [0.25, 0.3) is 0 Å². The first-order chi connectivity index (χ1) is 7.41. The van der Waals surface area contributed by atoms with E-state index >= 15 is 0 Å². The van der Waals surface area contributed by atoms with Crippen LogP contribution in [0.1, 0.15) is 53.9 Å². The van der Waals surface area contributed by atoms with Crippen molar-refractivity contribution in [2.24, 2.45) is 27.5 Å². The van der Waals surface area contributed by atoms with Crippen molar-refractivity contribution in [2.45, 2.75) is 59.5 Å². The van der Waals surface area contributed by atoms with Crippen molar-refractivity contribution in [3.63, 3.8) is 0 Å². The second kappa shape index (κ2) is 4.53. The van der Waals surface area contributed by atoms with E-state index in [-0.39, 0.29) is 5.41 Å². The summed E-state index contributed by atoms with van der Waals surface area (Å²) in [6.45, 7) is 11.0. The largest absolute Gasteiger partial charge is 0.280 e. The molecule has 90 valence electrons. The van der Waals surface area contributed by atoms with Gasteiger partial charge in [0.05, 0.1) is 0 Å². The highest BCUT2D eigenvalue weighted by Crippen LogP contribution is 2.54. The molecule has 0 amide bonds. The summed E-state index contributed by atoms with van der Waals surface area (Å²) in [6.07, 6.45) is 3.04. The molecular formula is C13H23N3. The van der Waals surface area contributed by atoms with Crippen LogP contribution in [-0.4, -0.2) is 5.66 Å². The van der Waals surface area contributed by atoms with Crippen LogP contribution in [0.2, 0.25) is 0 Å². The molecule has 0 bridgehead atoms. The zero-order valence-corrected chi connectivity index (χ0v) is 11.1. The van der Waals surface area contributed by atoms with Gasteiger partial charge in [-0.3, -0.25) is 0 Å². The van der Waals surface area contributed by atoms with Gasteiger partial charge in [0.1, 0.15) is 6.07 Å². The van der Waals surface area contributed by atoms with E-state index in [1.165, 1.54) is 0 Å². The van der Waals surface area contributed by atoms with Crippen LogP contribution in [0.4, 0.5) is 0 Å². The van der Waals surface area contributed by atoms with Gasteiger partial charge in [0.2, 0.25) is 0 Å². The molecule has 1 rings (SSSR count). The molecule has 1 heterocycles. The Kier molecular flexibility index (Phi) is 3.72. The van der Waals surface area contributed by atoms with Gasteiger partial charge in [-0.1, -0.05) is 34.6 Å². The van der Waals surface area contributed by atoms with E-state index in [2.05, 4.69) is 50.9 Å². The average molecular weight is 221 g/mol. The molecule has 0 spiro atoms. The first kappa shape index (κ1) is 13.2. The summed E-state index contributed by atoms with van der Waals surface area (Å²) in [5, 5.41) is 17.4. The molecule has 1 aliphatic rings. The molecular weight excluding hydrogens is 198 g/mol. The number of hydrogen-bond donors (Lipinski definition) is 0. The standard InChI is InChI=1S/C13H23N3/c1-6-12(7-10(2)3,8-11(4)5)13(9-14)15-16-13/h10-11H,6-8H2,1-5H3. The van der Waals surface area contributed by atoms with Crippen molar-refractivity contribution < 1.29 is 0 Å². The monoisotopic (exact) mass is 221 g/mol. The molecule has 0 atom stereocenters. The van der Waals surface area contributed by atoms with Gasteiger partial charge in [-0.25, -0.2) is 0 Å². The molecule has 0 fully saturated rings. The second-order valence-electron chi connectivity index (χ2n) is 5.81. The van der Waals surface area contributed by atoms with Crippen molar-refractivity contribution in [2.75, 3.05) is 0 Å². The maximum atomic E-state index is 9.31. The molecule has 0 unspecified atom stereocenters. The maximum absolute atomic E-state index is 9.31. The zero-order chi connectivity index (χ0) is 12.4. The molecule has 0 aromatic carbocycles. The van der Waals surface area contributed by atoms with Crippen LogP contribution in [0.3, 0.4) is 0 Å². The van der Waals surface area contributed by atoms with E-state index in [4.69, 9.17) is 0 Å². The van der Waals surface area contributed by atoms with E-state index in [9.17, 15) is 5.26 Å². The highest BCUT2D eigenvalue weighted by molar-refractivity contribution is 5.21. The van der Waals surface area contributed by atoms with Crippen LogP contribution in [0.5, 0.6) is 0 Å². The molecule has 0 N–H and O–H groups in total. The fraction of sp³-hybridized carbons (Fsp3) is 0.923. The lowest BCUT2D eigenvalue weighted by Gasteiger charge is -2.37. The third kappa shape index (κ3) is 2.26. The Morgan fingerprint density at radius 3 is 1.75 bits per heavy atom. The van der Waals surface area contributed by atoms with E-state index in [0.717, 1.165) is 19.3 Å². The smallest absolute Gasteiger partial charge is 0.193 e. The highest BCUT2D eigenvalue weighted by atomic mass is 15.5. The Bertz CT molecular complexity index is 294. The van der Waals surface area contributed by atoms with Crippen LogP contribution in [0, 0.1) is 28.6 Å². The summed E-state index contributed by atoms with van der Waals surface area (Å²) in [5.74, 6) is 1.16. The first-order valence-electron chi connectivity index (χ1n) is 6.26. The Labute approximate surface area is 99.0 Å². The summed E-state index contributed by atoms with van der Waals surface area (Å²) in [4.78, 5) is 0. The van der Waals surface area contributed by atoms with Gasteiger partial charge in [-0.05, 0) is 31.1 Å². The Morgan fingerprint density at radius 1 is 1.12 bits per heavy atom. The summed E-state index contributed by atoms with van der Waals surface area (Å²) in [6, 6.07) is 2.32. The molecule has 0 aliphatic carbocycles. The molecule has 16 heavy (non-hydrogen) atoms. The quantitative estimate of drug-likeness (QED) is 0.664. The van der Waals surface area contributed by atoms with Gasteiger partial charge in [0.25, 0.3) is 5.66 Å². The van der Waals surface area contributed by atoms with Crippen LogP contribution in [-0.2, 0) is 0 Å². The summed E-state index contributed by atoms with van der Waals surface area (Å²) in [5.41, 5.74) is -0.777. The lowest BCUT2D eigenvalue weighted by Crippen LogP contribution is -2.39. The molecule has 0 saturated carbocycles. The predicted molar refractivity (Wildman–Crippen MR) is 64.8 cm³/mol. The van der Waals surface area contributed by atoms with Crippen molar-refractivity contribution in [1.29, 1.82) is 5.26 Å². The average Bonchev–Trinajstić information content (AvgIpc) is 2.95. The van der Waals surface area contributed by atoms with E-state index in [0.29, 0.717) is 11.8 Å². The van der Waals surface area contributed by atoms with Gasteiger partial charge in [-0.15, -0.1) is 10.2 Å². The minimum absolute atomic E-state index is 0.0515. The summed E-state index contributed by atoms with van der Waals surface area (Å²) >= 11 is 0. The lowest BCUT2D eigenvalue weighted by molar-refractivity contribution is 0.132. The van der Waals surface area contributed by atoms with Gasteiger partial charge >= 0.3 is 0 Å². The van der Waals surface area contributed by atoms with Gasteiger partial charge in [-0.2, -0.15) is 5.26 Å². The summed E-state index contributed by atoms with van der Waals surface area (Å²) in [7, 11) is 0. The van der Waals surface area contributed by atoms with Gasteiger partial charge in [0, 0.05) is 5.41 Å². The van der Waals surface area contributed by atoms with E-state index < -0.39 is 5.66 Å². The fourth-order valence-corrected chi connectivity index (χ4v) is 2.89. The summed E-state index contributed by atoms with van der Waals surface area (Å²) < 4.78 is 0. The molecule has 3 nitrogen and oxygen atoms in total. The second-order valence-corrected chi connectivity index (χ2v) is 5.81. The Hall–Kier alpha value is -0.910. The molecule has 1 aliphatic heterocycles. The first-order valence-corrected chi connectivity index (χ1v) is 6.26. The molecule has 0 aromatic rings. The van der Waals surface area contributed by atoms with Gasteiger partial charge in [0.15, 0.2) is 0 Å². The molecule has 3 heteroatoms. The number of hydrogen-bond acceptors (Lipinski definition) is 3. The van der Waals surface area contributed by atoms with E-state index in [1.54, 1.807) is 0 Å². The third-order valence-corrected chi connectivity index (χ3v) is 3.47. The Balaban J connectivity index is 2.94. The maximum Gasteiger partial charge on any atom is 0.280 e.